The topological polar surface area (TPSA) is 30.1 Å². The third kappa shape index (κ3) is 3.70. The zero-order valence-electron chi connectivity index (χ0n) is 25.0. The Morgan fingerprint density at radius 2 is 1.31 bits per heavy atom. The minimum atomic E-state index is -0.170. The zero-order chi connectivity index (χ0) is 30.3. The van der Waals surface area contributed by atoms with Crippen LogP contribution in [0.3, 0.4) is 0 Å². The molecule has 6 aromatic carbocycles. The Balaban J connectivity index is 1.20. The van der Waals surface area contributed by atoms with Gasteiger partial charge in [0.05, 0.1) is 23.3 Å². The molecule has 0 atom stereocenters. The highest BCUT2D eigenvalue weighted by molar-refractivity contribution is 6.28. The minimum absolute atomic E-state index is 0.170. The highest BCUT2D eigenvalue weighted by atomic mass is 14.7. The Bertz CT molecular complexity index is 2570. The van der Waals surface area contributed by atoms with Crippen molar-refractivity contribution in [2.24, 2.45) is 0 Å². The second kappa shape index (κ2) is 9.32. The Morgan fingerprint density at radius 1 is 0.600 bits per heavy atom. The lowest BCUT2D eigenvalue weighted by Crippen LogP contribution is -2.14. The molecule has 0 aliphatic heterocycles. The Kier molecular flexibility index (Phi) is 5.31. The molecule has 0 amide bonds. The number of aromatic nitrogens is 2. The summed E-state index contributed by atoms with van der Waals surface area (Å²) in [6.45, 7) is 12.0. The number of rotatable bonds is 2. The van der Waals surface area contributed by atoms with Crippen molar-refractivity contribution in [2.45, 2.75) is 19.3 Å². The van der Waals surface area contributed by atoms with Crippen LogP contribution in [-0.2, 0) is 5.41 Å². The average Bonchev–Trinajstić information content (AvgIpc) is 3.32. The van der Waals surface area contributed by atoms with Gasteiger partial charge in [0.25, 0.3) is 0 Å². The molecular weight excluding hydrogens is 546 g/mol. The van der Waals surface area contributed by atoms with E-state index in [0.717, 1.165) is 38.4 Å². The molecule has 0 spiro atoms. The van der Waals surface area contributed by atoms with Crippen LogP contribution in [0.5, 0.6) is 0 Å². The second-order valence-corrected chi connectivity index (χ2v) is 12.5. The van der Waals surface area contributed by atoms with Crippen LogP contribution >= 0.6 is 0 Å². The van der Waals surface area contributed by atoms with Crippen LogP contribution in [0.4, 0.5) is 5.69 Å². The maximum absolute atomic E-state index is 7.49. The van der Waals surface area contributed by atoms with E-state index in [-0.39, 0.29) is 5.41 Å². The quantitative estimate of drug-likeness (QED) is 0.152. The summed E-state index contributed by atoms with van der Waals surface area (Å²) in [5.41, 5.74) is 12.0. The molecular formula is C42H27N3. The van der Waals surface area contributed by atoms with Gasteiger partial charge in [-0.3, -0.25) is 4.98 Å². The van der Waals surface area contributed by atoms with Crippen LogP contribution < -0.4 is 0 Å². The van der Waals surface area contributed by atoms with Crippen molar-refractivity contribution >= 4 is 49.0 Å². The Hall–Kier alpha value is -5.85. The summed E-state index contributed by atoms with van der Waals surface area (Å²) in [4.78, 5) is 13.7. The lowest BCUT2D eigenvalue weighted by molar-refractivity contribution is 0.661. The van der Waals surface area contributed by atoms with Crippen LogP contribution in [0, 0.1) is 6.57 Å². The highest BCUT2D eigenvalue weighted by Crippen LogP contribution is 2.50. The van der Waals surface area contributed by atoms with Gasteiger partial charge in [-0.1, -0.05) is 117 Å². The molecule has 1 aliphatic rings. The molecule has 210 valence electrons. The maximum Gasteiger partial charge on any atom is 0.187 e. The van der Waals surface area contributed by atoms with Gasteiger partial charge in [-0.05, 0) is 57.0 Å². The molecule has 2 heterocycles. The second-order valence-electron chi connectivity index (χ2n) is 12.5. The number of hydrogen-bond donors (Lipinski definition) is 0. The van der Waals surface area contributed by atoms with Gasteiger partial charge in [0.15, 0.2) is 5.69 Å². The van der Waals surface area contributed by atoms with Gasteiger partial charge in [0, 0.05) is 44.1 Å². The molecule has 0 saturated heterocycles. The number of pyridine rings is 2. The first-order valence-electron chi connectivity index (χ1n) is 15.3. The lowest BCUT2D eigenvalue weighted by atomic mass is 9.81. The molecule has 3 heteroatoms. The summed E-state index contributed by atoms with van der Waals surface area (Å²) in [5, 5.41) is 6.95. The summed E-state index contributed by atoms with van der Waals surface area (Å²) in [5.74, 6) is 0. The van der Waals surface area contributed by atoms with Gasteiger partial charge >= 0.3 is 0 Å². The van der Waals surface area contributed by atoms with Crippen LogP contribution in [0.25, 0.3) is 81.7 Å². The molecule has 0 N–H and O–H groups in total. The van der Waals surface area contributed by atoms with Gasteiger partial charge < -0.3 is 0 Å². The van der Waals surface area contributed by atoms with Gasteiger partial charge in [-0.25, -0.2) is 9.83 Å². The third-order valence-electron chi connectivity index (χ3n) is 9.70. The van der Waals surface area contributed by atoms with E-state index in [4.69, 9.17) is 16.5 Å². The van der Waals surface area contributed by atoms with E-state index in [1.807, 2.05) is 18.3 Å². The molecule has 3 nitrogen and oxygen atoms in total. The van der Waals surface area contributed by atoms with Crippen molar-refractivity contribution < 1.29 is 0 Å². The standard InChI is InChI=1S/C42H27N3/c1-42(2)35-23-29(17-19-31(35)32-21-18-30(43-3)24-36(32)42)25-10-13-28(14-11-25)40-34-20-16-26-12-15-27-7-6-22-44-41(27)38(26)39(34)33-8-4-5-9-37(33)45-40/h4-24H,1-2H3. The fourth-order valence-electron chi connectivity index (χ4n) is 7.41. The van der Waals surface area contributed by atoms with Gasteiger partial charge in [-0.15, -0.1) is 0 Å². The summed E-state index contributed by atoms with van der Waals surface area (Å²) < 4.78 is 0. The van der Waals surface area contributed by atoms with Crippen molar-refractivity contribution in [3.05, 3.63) is 150 Å². The van der Waals surface area contributed by atoms with Crippen LogP contribution in [0.15, 0.2) is 128 Å². The Labute approximate surface area is 261 Å². The zero-order valence-corrected chi connectivity index (χ0v) is 25.0. The van der Waals surface area contributed by atoms with Crippen LogP contribution in [0.2, 0.25) is 0 Å². The van der Waals surface area contributed by atoms with Gasteiger partial charge in [-0.2, -0.15) is 0 Å². The summed E-state index contributed by atoms with van der Waals surface area (Å²) in [6, 6.07) is 43.0. The van der Waals surface area contributed by atoms with Gasteiger partial charge in [0.2, 0.25) is 0 Å². The predicted molar refractivity (Wildman–Crippen MR) is 187 cm³/mol. The van der Waals surface area contributed by atoms with E-state index in [1.54, 1.807) is 0 Å². The van der Waals surface area contributed by atoms with Crippen LogP contribution in [-0.4, -0.2) is 9.97 Å². The van der Waals surface area contributed by atoms with E-state index in [1.165, 1.54) is 49.5 Å². The van der Waals surface area contributed by atoms with Crippen molar-refractivity contribution in [1.82, 2.24) is 9.97 Å². The van der Waals surface area contributed by atoms with E-state index in [2.05, 4.69) is 128 Å². The number of fused-ring (bicyclic) bond motifs is 10. The van der Waals surface area contributed by atoms with Crippen molar-refractivity contribution in [3.63, 3.8) is 0 Å². The molecule has 9 rings (SSSR count). The molecule has 0 fully saturated rings. The number of nitrogens with zero attached hydrogens (tertiary/aromatic N) is 3. The monoisotopic (exact) mass is 573 g/mol. The molecule has 1 aliphatic carbocycles. The number of para-hydroxylation sites is 1. The molecule has 0 bridgehead atoms. The number of benzene rings is 6. The average molecular weight is 574 g/mol. The van der Waals surface area contributed by atoms with Crippen molar-refractivity contribution in [1.29, 1.82) is 0 Å². The smallest absolute Gasteiger partial charge is 0.187 e. The summed E-state index contributed by atoms with van der Waals surface area (Å²) in [7, 11) is 0. The maximum atomic E-state index is 7.49. The summed E-state index contributed by atoms with van der Waals surface area (Å²) in [6.07, 6.45) is 1.88. The molecule has 2 aromatic heterocycles. The van der Waals surface area contributed by atoms with E-state index >= 15 is 0 Å². The first-order valence-corrected chi connectivity index (χ1v) is 15.3. The molecule has 0 saturated carbocycles. The molecule has 45 heavy (non-hydrogen) atoms. The van der Waals surface area contributed by atoms with E-state index in [0.29, 0.717) is 5.69 Å². The SMILES string of the molecule is [C-]#[N+]c1ccc2c(c1)C(C)(C)c1cc(-c3ccc(-c4nc5ccccc5c5c4ccc4ccc6cccnc6c45)cc3)ccc1-2. The van der Waals surface area contributed by atoms with E-state index < -0.39 is 0 Å². The normalized spacial score (nSPS) is 13.3. The lowest BCUT2D eigenvalue weighted by Gasteiger charge is -2.22. The number of hydrogen-bond acceptors (Lipinski definition) is 2. The third-order valence-corrected chi connectivity index (χ3v) is 9.70. The molecule has 8 aromatic rings. The molecule has 0 unspecified atom stereocenters. The minimum Gasteiger partial charge on any atom is -0.256 e. The predicted octanol–water partition coefficient (Wildman–Crippen LogP) is 11.3. The first kappa shape index (κ1) is 25.6. The highest BCUT2D eigenvalue weighted by Gasteiger charge is 2.35. The fraction of sp³-hybridized carbons (Fsp3) is 0.0714. The fourth-order valence-corrected chi connectivity index (χ4v) is 7.41. The van der Waals surface area contributed by atoms with E-state index in [9.17, 15) is 0 Å². The Morgan fingerprint density at radius 3 is 2.16 bits per heavy atom. The largest absolute Gasteiger partial charge is 0.256 e. The van der Waals surface area contributed by atoms with Crippen molar-refractivity contribution in [2.75, 3.05) is 0 Å². The first-order chi connectivity index (χ1) is 22.0. The van der Waals surface area contributed by atoms with Crippen molar-refractivity contribution in [3.8, 4) is 33.5 Å². The van der Waals surface area contributed by atoms with Crippen LogP contribution in [0.1, 0.15) is 25.0 Å². The summed E-state index contributed by atoms with van der Waals surface area (Å²) >= 11 is 0. The van der Waals surface area contributed by atoms with Gasteiger partial charge in [0.1, 0.15) is 0 Å². The molecule has 0 radical (unpaired) electrons.